The molecule has 0 unspecified atom stereocenters. The van der Waals surface area contributed by atoms with Crippen LogP contribution in [0.2, 0.25) is 0 Å². The maximum atomic E-state index is 13.0. The lowest BCUT2D eigenvalue weighted by atomic mass is 9.84. The van der Waals surface area contributed by atoms with Crippen molar-refractivity contribution in [2.24, 2.45) is 17.8 Å². The summed E-state index contributed by atoms with van der Waals surface area (Å²) in [6.45, 7) is 2.12. The number of nitrogens with one attached hydrogen (secondary N) is 1. The van der Waals surface area contributed by atoms with Gasteiger partial charge < -0.3 is 11.2 Å². The molecule has 3 aromatic rings. The predicted octanol–water partition coefficient (Wildman–Crippen LogP) is 3.87. The Hall–Kier alpha value is -2.32. The molecule has 1 amide bonds. The van der Waals surface area contributed by atoms with Gasteiger partial charge in [0.15, 0.2) is 5.16 Å². The molecule has 3 N–H and O–H groups in total. The number of nitrogens with zero attached hydrogens (tertiary/aromatic N) is 2. The van der Waals surface area contributed by atoms with Gasteiger partial charge in [0.2, 0.25) is 5.91 Å². The maximum Gasteiger partial charge on any atom is 0.282 e. The largest absolute Gasteiger partial charge is 0.353 e. The van der Waals surface area contributed by atoms with E-state index in [1.807, 2.05) is 35.7 Å². The molecule has 1 aromatic carbocycles. The molecule has 2 aliphatic carbocycles. The third-order valence-corrected chi connectivity index (χ3v) is 8.67. The Morgan fingerprint density at radius 2 is 2.13 bits per heavy atom. The highest BCUT2D eigenvalue weighted by Crippen LogP contribution is 2.49. The Morgan fingerprint density at radius 3 is 2.84 bits per heavy atom. The highest BCUT2D eigenvalue weighted by molar-refractivity contribution is 7.99. The average molecular weight is 455 g/mol. The summed E-state index contributed by atoms with van der Waals surface area (Å²) in [5.74, 6) is 8.45. The monoisotopic (exact) mass is 454 g/mol. The second kappa shape index (κ2) is 8.31. The summed E-state index contributed by atoms with van der Waals surface area (Å²) in [5, 5.41) is 5.99. The van der Waals surface area contributed by atoms with Crippen LogP contribution in [0.15, 0.2) is 45.7 Å². The van der Waals surface area contributed by atoms with Crippen molar-refractivity contribution in [2.75, 3.05) is 11.6 Å². The molecule has 2 aromatic heterocycles. The number of rotatable bonds is 6. The van der Waals surface area contributed by atoms with Crippen LogP contribution in [0.5, 0.6) is 0 Å². The van der Waals surface area contributed by atoms with Gasteiger partial charge in [-0.15, -0.1) is 11.3 Å². The molecular formula is C23H26N4O2S2. The normalized spacial score (nSPS) is 23.3. The van der Waals surface area contributed by atoms with Crippen molar-refractivity contribution in [2.45, 2.75) is 43.8 Å². The molecule has 2 heterocycles. The Kier molecular flexibility index (Phi) is 5.52. The lowest BCUT2D eigenvalue weighted by Gasteiger charge is -2.28. The molecular weight excluding hydrogens is 428 g/mol. The second-order valence-electron chi connectivity index (χ2n) is 8.75. The van der Waals surface area contributed by atoms with Gasteiger partial charge in [-0.2, -0.15) is 0 Å². The number of amides is 1. The van der Waals surface area contributed by atoms with Crippen LogP contribution in [0, 0.1) is 17.8 Å². The number of carbonyl (C=O) groups is 1. The number of aromatic nitrogens is 2. The number of hydrogen-bond acceptors (Lipinski definition) is 6. The zero-order chi connectivity index (χ0) is 21.5. The van der Waals surface area contributed by atoms with Crippen LogP contribution in [0.3, 0.4) is 0 Å². The minimum atomic E-state index is -0.289. The summed E-state index contributed by atoms with van der Waals surface area (Å²) >= 11 is 2.63. The first-order valence-electron chi connectivity index (χ1n) is 10.8. The summed E-state index contributed by atoms with van der Waals surface area (Å²) in [4.78, 5) is 30.7. The van der Waals surface area contributed by atoms with Crippen LogP contribution in [0.25, 0.3) is 21.3 Å². The molecule has 5 rings (SSSR count). The number of hydrogen-bond donors (Lipinski definition) is 2. The number of benzene rings is 1. The van der Waals surface area contributed by atoms with E-state index in [-0.39, 0.29) is 23.3 Å². The summed E-state index contributed by atoms with van der Waals surface area (Å²) in [6, 6.07) is 9.93. The van der Waals surface area contributed by atoms with Crippen molar-refractivity contribution in [3.8, 4) is 11.1 Å². The predicted molar refractivity (Wildman–Crippen MR) is 127 cm³/mol. The van der Waals surface area contributed by atoms with Gasteiger partial charge >= 0.3 is 0 Å². The highest BCUT2D eigenvalue weighted by atomic mass is 32.2. The van der Waals surface area contributed by atoms with Gasteiger partial charge in [0.1, 0.15) is 4.83 Å². The first-order valence-corrected chi connectivity index (χ1v) is 12.6. The molecule has 162 valence electrons. The smallest absolute Gasteiger partial charge is 0.282 e. The molecule has 2 fully saturated rings. The zero-order valence-electron chi connectivity index (χ0n) is 17.4. The molecule has 4 atom stereocenters. The number of thioether (sulfide) groups is 1. The average Bonchev–Trinajstić information content (AvgIpc) is 3.51. The van der Waals surface area contributed by atoms with Crippen LogP contribution < -0.4 is 16.7 Å². The van der Waals surface area contributed by atoms with Gasteiger partial charge in [0.05, 0.1) is 11.1 Å². The first-order chi connectivity index (χ1) is 15.0. The van der Waals surface area contributed by atoms with Crippen molar-refractivity contribution in [3.63, 3.8) is 0 Å². The van der Waals surface area contributed by atoms with E-state index in [2.05, 4.69) is 17.2 Å². The minimum absolute atomic E-state index is 0.0363. The van der Waals surface area contributed by atoms with Crippen LogP contribution in [-0.2, 0) is 4.79 Å². The molecule has 2 saturated carbocycles. The molecule has 31 heavy (non-hydrogen) atoms. The Balaban J connectivity index is 1.29. The molecule has 0 spiro atoms. The number of fused-ring (bicyclic) bond motifs is 3. The van der Waals surface area contributed by atoms with Crippen LogP contribution >= 0.6 is 23.1 Å². The van der Waals surface area contributed by atoms with E-state index in [4.69, 9.17) is 5.84 Å². The standard InChI is InChI=1S/C23H26N4O2S2/c1-13(17-10-14-7-8-16(17)9-14)25-19(28)12-31-23-26-21-20(22(29)27(23)24)18(11-30-21)15-5-3-2-4-6-15/h2-6,11,13-14,16-17H,7-10,12,24H2,1H3,(H,25,28)/t13-,14+,16+,17+/m1/s1. The van der Waals surface area contributed by atoms with Gasteiger partial charge in [-0.3, -0.25) is 9.59 Å². The van der Waals surface area contributed by atoms with Crippen LogP contribution in [0.4, 0.5) is 0 Å². The number of nitrogen functional groups attached to an aromatic ring is 1. The molecule has 0 radical (unpaired) electrons. The van der Waals surface area contributed by atoms with Crippen molar-refractivity contribution < 1.29 is 4.79 Å². The van der Waals surface area contributed by atoms with E-state index < -0.39 is 0 Å². The lowest BCUT2D eigenvalue weighted by molar-refractivity contribution is -0.119. The van der Waals surface area contributed by atoms with E-state index in [1.165, 1.54) is 48.8 Å². The first kappa shape index (κ1) is 20.6. The highest BCUT2D eigenvalue weighted by Gasteiger charge is 2.42. The summed E-state index contributed by atoms with van der Waals surface area (Å²) in [5.41, 5.74) is 1.51. The number of carbonyl (C=O) groups excluding carboxylic acids is 1. The van der Waals surface area contributed by atoms with Crippen molar-refractivity contribution in [3.05, 3.63) is 46.1 Å². The van der Waals surface area contributed by atoms with Gasteiger partial charge in [-0.25, -0.2) is 9.66 Å². The molecule has 6 nitrogen and oxygen atoms in total. The topological polar surface area (TPSA) is 90.0 Å². The molecule has 2 aliphatic rings. The van der Waals surface area contributed by atoms with Crippen molar-refractivity contribution in [1.29, 1.82) is 0 Å². The fraction of sp³-hybridized carbons (Fsp3) is 0.435. The SMILES string of the molecule is C[C@@H](NC(=O)CSc1nc2scc(-c3ccccc3)c2c(=O)n1N)[C@@H]1C[C@H]2CC[C@H]1C2. The Labute approximate surface area is 189 Å². The van der Waals surface area contributed by atoms with E-state index in [9.17, 15) is 9.59 Å². The van der Waals surface area contributed by atoms with E-state index >= 15 is 0 Å². The minimum Gasteiger partial charge on any atom is -0.353 e. The number of thiophene rings is 1. The third kappa shape index (κ3) is 3.87. The summed E-state index contributed by atoms with van der Waals surface area (Å²) in [7, 11) is 0. The Morgan fingerprint density at radius 1 is 1.32 bits per heavy atom. The van der Waals surface area contributed by atoms with Crippen molar-refractivity contribution in [1.82, 2.24) is 15.0 Å². The molecule has 0 aliphatic heterocycles. The van der Waals surface area contributed by atoms with Gasteiger partial charge in [0.25, 0.3) is 5.56 Å². The summed E-state index contributed by atoms with van der Waals surface area (Å²) < 4.78 is 1.07. The van der Waals surface area contributed by atoms with Crippen molar-refractivity contribution >= 4 is 39.2 Å². The van der Waals surface area contributed by atoms with E-state index in [1.54, 1.807) is 0 Å². The quantitative estimate of drug-likeness (QED) is 0.335. The third-order valence-electron chi connectivity index (χ3n) is 6.85. The zero-order valence-corrected chi connectivity index (χ0v) is 19.0. The number of nitrogens with two attached hydrogens (primary N) is 1. The Bertz CT molecular complexity index is 1170. The van der Waals surface area contributed by atoms with Crippen LogP contribution in [0.1, 0.15) is 32.6 Å². The lowest BCUT2D eigenvalue weighted by Crippen LogP contribution is -2.41. The fourth-order valence-electron chi connectivity index (χ4n) is 5.36. The van der Waals surface area contributed by atoms with Crippen LogP contribution in [-0.4, -0.2) is 27.4 Å². The van der Waals surface area contributed by atoms with Gasteiger partial charge in [0, 0.05) is 17.0 Å². The van der Waals surface area contributed by atoms with E-state index in [0.717, 1.165) is 27.6 Å². The van der Waals surface area contributed by atoms with Gasteiger partial charge in [-0.05, 0) is 49.5 Å². The second-order valence-corrected chi connectivity index (χ2v) is 10.5. The maximum absolute atomic E-state index is 13.0. The molecule has 2 bridgehead atoms. The fourth-order valence-corrected chi connectivity index (χ4v) is 7.07. The van der Waals surface area contributed by atoms with Gasteiger partial charge in [-0.1, -0.05) is 48.5 Å². The molecule has 8 heteroatoms. The molecule has 0 saturated heterocycles. The van der Waals surface area contributed by atoms with E-state index in [0.29, 0.717) is 21.3 Å². The summed E-state index contributed by atoms with van der Waals surface area (Å²) in [6.07, 6.45) is 5.23.